The van der Waals surface area contributed by atoms with Gasteiger partial charge in [0.15, 0.2) is 16.1 Å². The number of anilines is 1. The number of carbonyl (C=O) groups is 2. The Hall–Kier alpha value is -3.76. The fourth-order valence-electron chi connectivity index (χ4n) is 3.56. The summed E-state index contributed by atoms with van der Waals surface area (Å²) in [5.74, 6) is 0.344. The van der Waals surface area contributed by atoms with Crippen LogP contribution in [-0.4, -0.2) is 37.3 Å². The monoisotopic (exact) mass is 518 g/mol. The number of rotatable bonds is 10. The molecule has 0 aliphatic rings. The number of aryl methyl sites for hydroxylation is 1. The topological polar surface area (TPSA) is 102 Å². The largest absolute Gasteiger partial charge is 0.342 e. The maximum atomic E-state index is 12.7. The summed E-state index contributed by atoms with van der Waals surface area (Å²) in [5, 5.41) is 15.5. The second kappa shape index (κ2) is 11.8. The van der Waals surface area contributed by atoms with Gasteiger partial charge in [-0.05, 0) is 26.0 Å². The van der Waals surface area contributed by atoms with Crippen molar-refractivity contribution in [2.75, 3.05) is 11.1 Å². The summed E-state index contributed by atoms with van der Waals surface area (Å²) in [6.45, 7) is 8.10. The zero-order chi connectivity index (χ0) is 25.5. The average Bonchev–Trinajstić information content (AvgIpc) is 3.46. The number of allylic oxidation sites excluding steroid dienone is 1. The molecule has 2 amide bonds. The Labute approximate surface area is 217 Å². The zero-order valence-electron chi connectivity index (χ0n) is 20.0. The van der Waals surface area contributed by atoms with Crippen LogP contribution in [0.3, 0.4) is 0 Å². The molecule has 0 aliphatic heterocycles. The van der Waals surface area contributed by atoms with Gasteiger partial charge in [-0.15, -0.1) is 28.1 Å². The van der Waals surface area contributed by atoms with E-state index in [0.717, 1.165) is 16.1 Å². The molecule has 2 aromatic carbocycles. The van der Waals surface area contributed by atoms with Crippen LogP contribution in [0.25, 0.3) is 11.3 Å². The molecule has 4 aromatic rings. The second-order valence-corrected chi connectivity index (χ2v) is 10.1. The van der Waals surface area contributed by atoms with E-state index in [1.807, 2.05) is 66.9 Å². The third-order valence-corrected chi connectivity index (χ3v) is 7.10. The number of nitrogens with one attached hydrogen (secondary N) is 2. The molecule has 0 radical (unpaired) electrons. The SMILES string of the molecule is C=CCn1c(SCC(=O)Nc2nc(-c3ccccc3)c(C)s2)nnc1[C@H](C)NC(=O)c1ccccc1. The highest BCUT2D eigenvalue weighted by Crippen LogP contribution is 2.30. The van der Waals surface area contributed by atoms with Crippen LogP contribution in [0.15, 0.2) is 78.5 Å². The van der Waals surface area contributed by atoms with Gasteiger partial charge >= 0.3 is 0 Å². The third kappa shape index (κ3) is 6.07. The van der Waals surface area contributed by atoms with Crippen molar-refractivity contribution in [1.82, 2.24) is 25.1 Å². The molecule has 0 bridgehead atoms. The van der Waals surface area contributed by atoms with Crippen LogP contribution in [0.4, 0.5) is 5.13 Å². The number of hydrogen-bond donors (Lipinski definition) is 2. The summed E-state index contributed by atoms with van der Waals surface area (Å²) in [5.41, 5.74) is 2.45. The van der Waals surface area contributed by atoms with Gasteiger partial charge in [0.1, 0.15) is 0 Å². The van der Waals surface area contributed by atoms with E-state index in [0.29, 0.717) is 28.2 Å². The van der Waals surface area contributed by atoms with Gasteiger partial charge in [-0.2, -0.15) is 0 Å². The number of benzene rings is 2. The van der Waals surface area contributed by atoms with Crippen molar-refractivity contribution < 1.29 is 9.59 Å². The fourth-order valence-corrected chi connectivity index (χ4v) is 5.17. The van der Waals surface area contributed by atoms with Gasteiger partial charge in [0.25, 0.3) is 5.91 Å². The molecular weight excluding hydrogens is 492 g/mol. The van der Waals surface area contributed by atoms with Gasteiger partial charge in [-0.1, -0.05) is 66.4 Å². The lowest BCUT2D eigenvalue weighted by atomic mass is 10.1. The quantitative estimate of drug-likeness (QED) is 0.223. The van der Waals surface area contributed by atoms with Crippen LogP contribution >= 0.6 is 23.1 Å². The predicted molar refractivity (Wildman–Crippen MR) is 144 cm³/mol. The minimum atomic E-state index is -0.386. The minimum Gasteiger partial charge on any atom is -0.342 e. The molecule has 8 nitrogen and oxygen atoms in total. The summed E-state index contributed by atoms with van der Waals surface area (Å²) < 4.78 is 1.85. The van der Waals surface area contributed by atoms with E-state index < -0.39 is 0 Å². The Balaban J connectivity index is 1.40. The Kier molecular flexibility index (Phi) is 8.29. The molecule has 0 aliphatic carbocycles. The van der Waals surface area contributed by atoms with Crippen LogP contribution in [0.5, 0.6) is 0 Å². The molecule has 0 unspecified atom stereocenters. The van der Waals surface area contributed by atoms with Crippen LogP contribution in [0.2, 0.25) is 0 Å². The molecule has 2 heterocycles. The molecule has 4 rings (SSSR count). The van der Waals surface area contributed by atoms with E-state index in [1.54, 1.807) is 18.2 Å². The van der Waals surface area contributed by atoms with E-state index >= 15 is 0 Å². The first-order valence-corrected chi connectivity index (χ1v) is 13.1. The van der Waals surface area contributed by atoms with Gasteiger partial charge in [-0.3, -0.25) is 9.59 Å². The van der Waals surface area contributed by atoms with E-state index in [2.05, 4.69) is 32.4 Å². The fraction of sp³-hybridized carbons (Fsp3) is 0.192. The first-order valence-electron chi connectivity index (χ1n) is 11.3. The van der Waals surface area contributed by atoms with Gasteiger partial charge < -0.3 is 15.2 Å². The Bertz CT molecular complexity index is 1350. The van der Waals surface area contributed by atoms with Crippen molar-refractivity contribution >= 4 is 40.0 Å². The van der Waals surface area contributed by atoms with Crippen molar-refractivity contribution in [3.8, 4) is 11.3 Å². The molecule has 10 heteroatoms. The van der Waals surface area contributed by atoms with E-state index in [-0.39, 0.29) is 23.6 Å². The predicted octanol–water partition coefficient (Wildman–Crippen LogP) is 5.12. The molecule has 0 saturated carbocycles. The van der Waals surface area contributed by atoms with Crippen molar-refractivity contribution in [3.05, 3.63) is 89.6 Å². The standard InChI is InChI=1S/C26H26N6O2S2/c1-4-15-32-23(17(2)27-24(34)20-13-9-6-10-14-20)30-31-26(32)35-16-21(33)28-25-29-22(18(3)36-25)19-11-7-5-8-12-19/h4-14,17H,1,15-16H2,2-3H3,(H,27,34)(H,28,29,33)/t17-/m0/s1. The van der Waals surface area contributed by atoms with Crippen molar-refractivity contribution in [1.29, 1.82) is 0 Å². The number of carbonyl (C=O) groups excluding carboxylic acids is 2. The Morgan fingerprint density at radius 3 is 2.50 bits per heavy atom. The Morgan fingerprint density at radius 1 is 1.11 bits per heavy atom. The first kappa shape index (κ1) is 25.3. The molecule has 0 fully saturated rings. The summed E-state index contributed by atoms with van der Waals surface area (Å²) in [7, 11) is 0. The summed E-state index contributed by atoms with van der Waals surface area (Å²) in [4.78, 5) is 30.8. The zero-order valence-corrected chi connectivity index (χ0v) is 21.6. The second-order valence-electron chi connectivity index (χ2n) is 7.93. The molecule has 2 N–H and O–H groups in total. The van der Waals surface area contributed by atoms with Crippen molar-refractivity contribution in [3.63, 3.8) is 0 Å². The number of hydrogen-bond acceptors (Lipinski definition) is 7. The highest BCUT2D eigenvalue weighted by molar-refractivity contribution is 7.99. The lowest BCUT2D eigenvalue weighted by Crippen LogP contribution is -2.28. The molecule has 36 heavy (non-hydrogen) atoms. The van der Waals surface area contributed by atoms with E-state index in [9.17, 15) is 9.59 Å². The van der Waals surface area contributed by atoms with E-state index in [4.69, 9.17) is 0 Å². The molecule has 2 aromatic heterocycles. The average molecular weight is 519 g/mol. The number of thioether (sulfide) groups is 1. The van der Waals surface area contributed by atoms with Gasteiger partial charge in [0, 0.05) is 22.5 Å². The van der Waals surface area contributed by atoms with Crippen LogP contribution in [0, 0.1) is 6.92 Å². The Morgan fingerprint density at radius 2 is 1.81 bits per heavy atom. The number of aromatic nitrogens is 4. The van der Waals surface area contributed by atoms with Gasteiger partial charge in [-0.25, -0.2) is 4.98 Å². The highest BCUT2D eigenvalue weighted by Gasteiger charge is 2.21. The molecular formula is C26H26N6O2S2. The summed E-state index contributed by atoms with van der Waals surface area (Å²) in [6.07, 6.45) is 1.73. The number of nitrogens with zero attached hydrogens (tertiary/aromatic N) is 4. The minimum absolute atomic E-state index is 0.138. The normalized spacial score (nSPS) is 11.6. The third-order valence-electron chi connectivity index (χ3n) is 5.25. The molecule has 0 saturated heterocycles. The van der Waals surface area contributed by atoms with Crippen molar-refractivity contribution in [2.24, 2.45) is 0 Å². The lowest BCUT2D eigenvalue weighted by molar-refractivity contribution is -0.113. The maximum Gasteiger partial charge on any atom is 0.251 e. The number of thiazole rings is 1. The van der Waals surface area contributed by atoms with Crippen LogP contribution in [-0.2, 0) is 11.3 Å². The van der Waals surface area contributed by atoms with Gasteiger partial charge in [0.05, 0.1) is 17.5 Å². The maximum absolute atomic E-state index is 12.7. The molecule has 184 valence electrons. The smallest absolute Gasteiger partial charge is 0.251 e. The summed E-state index contributed by atoms with van der Waals surface area (Å²) >= 11 is 2.71. The summed E-state index contributed by atoms with van der Waals surface area (Å²) in [6, 6.07) is 18.5. The molecule has 0 spiro atoms. The number of amides is 2. The van der Waals surface area contributed by atoms with E-state index in [1.165, 1.54) is 23.1 Å². The molecule has 1 atom stereocenters. The van der Waals surface area contributed by atoms with Crippen LogP contribution in [0.1, 0.15) is 34.0 Å². The van der Waals surface area contributed by atoms with Crippen molar-refractivity contribution in [2.45, 2.75) is 31.6 Å². The van der Waals surface area contributed by atoms with Crippen LogP contribution < -0.4 is 10.6 Å². The lowest BCUT2D eigenvalue weighted by Gasteiger charge is -2.15. The first-order chi connectivity index (χ1) is 17.5. The highest BCUT2D eigenvalue weighted by atomic mass is 32.2. The van der Waals surface area contributed by atoms with Gasteiger partial charge in [0.2, 0.25) is 5.91 Å².